The van der Waals surface area contributed by atoms with Crippen molar-refractivity contribution in [2.24, 2.45) is 0 Å². The van der Waals surface area contributed by atoms with Crippen LogP contribution in [0.5, 0.6) is 0 Å². The summed E-state index contributed by atoms with van der Waals surface area (Å²) in [5, 5.41) is 9.60. The average molecular weight is 237 g/mol. The molecule has 1 aliphatic rings. The van der Waals surface area contributed by atoms with E-state index >= 15 is 0 Å². The molecular formula is C10H9BrN2. The van der Waals surface area contributed by atoms with Crippen LogP contribution in [0.25, 0.3) is 0 Å². The lowest BCUT2D eigenvalue weighted by Gasteiger charge is -2.01. The molecule has 13 heavy (non-hydrogen) atoms. The van der Waals surface area contributed by atoms with Crippen molar-refractivity contribution in [3.8, 4) is 6.07 Å². The van der Waals surface area contributed by atoms with Crippen LogP contribution in [-0.4, -0.2) is 4.98 Å². The maximum absolute atomic E-state index is 8.89. The third-order valence-electron chi connectivity index (χ3n) is 2.24. The minimum absolute atomic E-state index is 0.603. The number of aromatic nitrogens is 1. The third kappa shape index (κ3) is 1.73. The Bertz CT molecular complexity index is 364. The minimum Gasteiger partial charge on any atom is -0.241 e. The highest BCUT2D eigenvalue weighted by Crippen LogP contribution is 2.41. The normalized spacial score (nSPS) is 15.4. The maximum atomic E-state index is 8.89. The minimum atomic E-state index is 0.603. The second-order valence-corrected chi connectivity index (χ2v) is 3.82. The lowest BCUT2D eigenvalue weighted by Crippen LogP contribution is -1.95. The van der Waals surface area contributed by atoms with E-state index in [1.54, 1.807) is 0 Å². The van der Waals surface area contributed by atoms with Gasteiger partial charge in [-0.05, 0) is 30.4 Å². The molecule has 0 bridgehead atoms. The van der Waals surface area contributed by atoms with Crippen LogP contribution in [-0.2, 0) is 5.33 Å². The van der Waals surface area contributed by atoms with Gasteiger partial charge in [0, 0.05) is 5.33 Å². The number of nitrogens with zero attached hydrogens (tertiary/aromatic N) is 2. The van der Waals surface area contributed by atoms with E-state index in [-0.39, 0.29) is 0 Å². The molecule has 0 N–H and O–H groups in total. The predicted molar refractivity (Wildman–Crippen MR) is 53.6 cm³/mol. The van der Waals surface area contributed by atoms with Crippen LogP contribution in [0.2, 0.25) is 0 Å². The first kappa shape index (κ1) is 8.71. The van der Waals surface area contributed by atoms with Crippen LogP contribution in [0.3, 0.4) is 0 Å². The van der Waals surface area contributed by atoms with E-state index in [4.69, 9.17) is 5.26 Å². The van der Waals surface area contributed by atoms with E-state index in [0.717, 1.165) is 11.3 Å². The second-order valence-electron chi connectivity index (χ2n) is 3.26. The van der Waals surface area contributed by atoms with Crippen molar-refractivity contribution < 1.29 is 0 Å². The van der Waals surface area contributed by atoms with E-state index in [0.29, 0.717) is 16.9 Å². The van der Waals surface area contributed by atoms with Gasteiger partial charge in [0.2, 0.25) is 0 Å². The molecule has 0 aromatic carbocycles. The summed E-state index contributed by atoms with van der Waals surface area (Å²) >= 11 is 3.33. The Morgan fingerprint density at radius 1 is 1.54 bits per heavy atom. The fourth-order valence-corrected chi connectivity index (χ4v) is 1.71. The molecule has 3 heteroatoms. The Hall–Kier alpha value is -0.880. The van der Waals surface area contributed by atoms with E-state index < -0.39 is 0 Å². The Morgan fingerprint density at radius 3 is 2.85 bits per heavy atom. The number of rotatable bonds is 2. The molecule has 1 aliphatic carbocycles. The molecule has 0 saturated heterocycles. The van der Waals surface area contributed by atoms with Crippen molar-refractivity contribution in [2.75, 3.05) is 0 Å². The van der Waals surface area contributed by atoms with Crippen LogP contribution in [0.15, 0.2) is 12.1 Å². The van der Waals surface area contributed by atoms with Crippen molar-refractivity contribution in [3.63, 3.8) is 0 Å². The molecule has 1 saturated carbocycles. The Kier molecular flexibility index (Phi) is 2.32. The zero-order valence-electron chi connectivity index (χ0n) is 7.13. The van der Waals surface area contributed by atoms with Gasteiger partial charge in [0.05, 0.1) is 5.69 Å². The van der Waals surface area contributed by atoms with Crippen molar-refractivity contribution >= 4 is 15.9 Å². The first-order valence-electron chi connectivity index (χ1n) is 4.31. The molecule has 1 aromatic rings. The number of hydrogen-bond acceptors (Lipinski definition) is 2. The predicted octanol–water partition coefficient (Wildman–Crippen LogP) is 2.73. The lowest BCUT2D eigenvalue weighted by molar-refractivity contribution is 1.04. The fourth-order valence-electron chi connectivity index (χ4n) is 1.40. The number of hydrogen-bond donors (Lipinski definition) is 0. The summed E-state index contributed by atoms with van der Waals surface area (Å²) in [5.74, 6) is 0.603. The van der Waals surface area contributed by atoms with Crippen molar-refractivity contribution in [3.05, 3.63) is 29.1 Å². The first-order chi connectivity index (χ1) is 6.35. The Balaban J connectivity index is 2.41. The highest BCUT2D eigenvalue weighted by Gasteiger charge is 2.26. The van der Waals surface area contributed by atoms with Crippen LogP contribution in [0.1, 0.15) is 35.7 Å². The lowest BCUT2D eigenvalue weighted by atomic mass is 10.1. The summed E-state index contributed by atoms with van der Waals surface area (Å²) in [5.41, 5.74) is 2.67. The third-order valence-corrected chi connectivity index (χ3v) is 2.82. The first-order valence-corrected chi connectivity index (χ1v) is 5.43. The molecular weight excluding hydrogens is 228 g/mol. The molecule has 2 rings (SSSR count). The van der Waals surface area contributed by atoms with Crippen LogP contribution in [0, 0.1) is 11.3 Å². The molecule has 1 heterocycles. The van der Waals surface area contributed by atoms with E-state index in [1.807, 2.05) is 12.1 Å². The van der Waals surface area contributed by atoms with Gasteiger partial charge in [-0.15, -0.1) is 0 Å². The van der Waals surface area contributed by atoms with E-state index in [1.165, 1.54) is 12.8 Å². The fraction of sp³-hybridized carbons (Fsp3) is 0.400. The smallest absolute Gasteiger partial charge is 0.144 e. The standard InChI is InChI=1S/C10H9BrN2/c11-5-8-3-4-9(7-1-2-7)10(6-12)13-8/h3-4,7H,1-2,5H2. The molecule has 0 aliphatic heterocycles. The van der Waals surface area contributed by atoms with Crippen LogP contribution < -0.4 is 0 Å². The Morgan fingerprint density at radius 2 is 2.31 bits per heavy atom. The summed E-state index contributed by atoms with van der Waals surface area (Å²) in [6.45, 7) is 0. The van der Waals surface area contributed by atoms with Crippen molar-refractivity contribution in [1.82, 2.24) is 4.98 Å². The van der Waals surface area contributed by atoms with E-state index in [9.17, 15) is 0 Å². The topological polar surface area (TPSA) is 36.7 Å². The Labute approximate surface area is 85.7 Å². The number of pyridine rings is 1. The summed E-state index contributed by atoms with van der Waals surface area (Å²) < 4.78 is 0. The molecule has 0 spiro atoms. The summed E-state index contributed by atoms with van der Waals surface area (Å²) in [6.07, 6.45) is 2.42. The number of nitriles is 1. The number of alkyl halides is 1. The summed E-state index contributed by atoms with van der Waals surface area (Å²) in [4.78, 5) is 4.26. The van der Waals surface area contributed by atoms with Gasteiger partial charge in [-0.25, -0.2) is 4.98 Å². The average Bonchev–Trinajstić information content (AvgIpc) is 3.00. The van der Waals surface area contributed by atoms with Crippen LogP contribution >= 0.6 is 15.9 Å². The van der Waals surface area contributed by atoms with Crippen LogP contribution in [0.4, 0.5) is 0 Å². The van der Waals surface area contributed by atoms with Gasteiger partial charge in [0.25, 0.3) is 0 Å². The second kappa shape index (κ2) is 3.47. The van der Waals surface area contributed by atoms with Gasteiger partial charge in [-0.2, -0.15) is 5.26 Å². The van der Waals surface area contributed by atoms with Gasteiger partial charge in [0.1, 0.15) is 11.8 Å². The highest BCUT2D eigenvalue weighted by atomic mass is 79.9. The van der Waals surface area contributed by atoms with Gasteiger partial charge < -0.3 is 0 Å². The monoisotopic (exact) mass is 236 g/mol. The quantitative estimate of drug-likeness (QED) is 0.741. The van der Waals surface area contributed by atoms with Crippen molar-refractivity contribution in [1.29, 1.82) is 5.26 Å². The van der Waals surface area contributed by atoms with Gasteiger partial charge in [-0.3, -0.25) is 0 Å². The largest absolute Gasteiger partial charge is 0.241 e. The number of halogens is 1. The van der Waals surface area contributed by atoms with Gasteiger partial charge in [-0.1, -0.05) is 22.0 Å². The van der Waals surface area contributed by atoms with Gasteiger partial charge in [0.15, 0.2) is 0 Å². The zero-order chi connectivity index (χ0) is 9.26. The van der Waals surface area contributed by atoms with Crippen molar-refractivity contribution in [2.45, 2.75) is 24.1 Å². The summed E-state index contributed by atoms with van der Waals surface area (Å²) in [7, 11) is 0. The molecule has 0 unspecified atom stereocenters. The molecule has 0 atom stereocenters. The molecule has 2 nitrogen and oxygen atoms in total. The zero-order valence-corrected chi connectivity index (χ0v) is 8.71. The molecule has 1 aromatic heterocycles. The molecule has 0 amide bonds. The van der Waals surface area contributed by atoms with Gasteiger partial charge >= 0.3 is 0 Å². The maximum Gasteiger partial charge on any atom is 0.144 e. The summed E-state index contributed by atoms with van der Waals surface area (Å²) in [6, 6.07) is 6.19. The van der Waals surface area contributed by atoms with E-state index in [2.05, 4.69) is 27.0 Å². The highest BCUT2D eigenvalue weighted by molar-refractivity contribution is 9.08. The molecule has 1 fully saturated rings. The molecule has 66 valence electrons. The SMILES string of the molecule is N#Cc1nc(CBr)ccc1C1CC1. The molecule has 0 radical (unpaired) electrons.